The lowest BCUT2D eigenvalue weighted by Gasteiger charge is -2.32. The van der Waals surface area contributed by atoms with E-state index in [9.17, 15) is 9.59 Å². The summed E-state index contributed by atoms with van der Waals surface area (Å²) in [6.45, 7) is -0.0863. The summed E-state index contributed by atoms with van der Waals surface area (Å²) >= 11 is 1.18. The van der Waals surface area contributed by atoms with Crippen LogP contribution in [-0.2, 0) is 4.79 Å². The van der Waals surface area contributed by atoms with Crippen molar-refractivity contribution in [3.05, 3.63) is 29.8 Å². The van der Waals surface area contributed by atoms with Gasteiger partial charge in [-0.15, -0.1) is 10.2 Å². The fourth-order valence-corrected chi connectivity index (χ4v) is 2.38. The van der Waals surface area contributed by atoms with Gasteiger partial charge in [-0.3, -0.25) is 10.2 Å². The Balaban J connectivity index is 1.89. The number of para-hydroxylation sites is 2. The maximum atomic E-state index is 12.3. The summed E-state index contributed by atoms with van der Waals surface area (Å²) in [6, 6.07) is 6.29. The van der Waals surface area contributed by atoms with E-state index >= 15 is 0 Å². The third-order valence-electron chi connectivity index (χ3n) is 2.87. The van der Waals surface area contributed by atoms with Crippen LogP contribution in [-0.4, -0.2) is 40.0 Å². The van der Waals surface area contributed by atoms with Crippen LogP contribution in [0.1, 0.15) is 0 Å². The number of aliphatic carboxylic acids is 1. The lowest BCUT2D eigenvalue weighted by molar-refractivity contribution is -0.144. The van der Waals surface area contributed by atoms with Crippen molar-refractivity contribution in [3.8, 4) is 5.75 Å². The van der Waals surface area contributed by atoms with E-state index in [1.54, 1.807) is 24.3 Å². The van der Waals surface area contributed by atoms with Gasteiger partial charge in [0.25, 0.3) is 0 Å². The Hall–Kier alpha value is -2.68. The monoisotopic (exact) mass is 306 g/mol. The molecule has 2 heterocycles. The molecule has 2 aromatic rings. The SMILES string of the molecule is O=C(O)C1CN(C(=O)Nc2nncs2)c2ccccc2O1. The van der Waals surface area contributed by atoms with Crippen molar-refractivity contribution in [1.82, 2.24) is 10.2 Å². The van der Waals surface area contributed by atoms with Crippen LogP contribution in [0.4, 0.5) is 15.6 Å². The number of carboxylic acids is 1. The Morgan fingerprint density at radius 1 is 1.43 bits per heavy atom. The smallest absolute Gasteiger partial charge is 0.346 e. The Bertz CT molecular complexity index is 676. The van der Waals surface area contributed by atoms with Gasteiger partial charge in [0.1, 0.15) is 11.3 Å². The zero-order valence-corrected chi connectivity index (χ0v) is 11.4. The molecule has 9 heteroatoms. The molecule has 108 valence electrons. The molecule has 21 heavy (non-hydrogen) atoms. The van der Waals surface area contributed by atoms with Gasteiger partial charge in [-0.05, 0) is 12.1 Å². The average molecular weight is 306 g/mol. The van der Waals surface area contributed by atoms with Gasteiger partial charge in [0, 0.05) is 0 Å². The summed E-state index contributed by atoms with van der Waals surface area (Å²) in [5.41, 5.74) is 2.00. The van der Waals surface area contributed by atoms with Crippen LogP contribution in [0.3, 0.4) is 0 Å². The second kappa shape index (κ2) is 5.37. The largest absolute Gasteiger partial charge is 0.478 e. The summed E-state index contributed by atoms with van der Waals surface area (Å²) in [5.74, 6) is -0.776. The zero-order valence-electron chi connectivity index (χ0n) is 10.6. The van der Waals surface area contributed by atoms with Crippen LogP contribution in [0.25, 0.3) is 0 Å². The van der Waals surface area contributed by atoms with Crippen molar-refractivity contribution in [2.45, 2.75) is 6.10 Å². The number of aromatic nitrogens is 2. The number of carboxylic acid groups (broad SMARTS) is 1. The van der Waals surface area contributed by atoms with E-state index in [0.29, 0.717) is 16.6 Å². The minimum absolute atomic E-state index is 0.0863. The number of hydrogen-bond donors (Lipinski definition) is 2. The fraction of sp³-hybridized carbons (Fsp3) is 0.167. The molecule has 1 unspecified atom stereocenters. The summed E-state index contributed by atoms with van der Waals surface area (Å²) < 4.78 is 5.36. The van der Waals surface area contributed by atoms with Gasteiger partial charge in [-0.1, -0.05) is 23.5 Å². The lowest BCUT2D eigenvalue weighted by Crippen LogP contribution is -2.48. The summed E-state index contributed by atoms with van der Waals surface area (Å²) in [6.07, 6.45) is -1.11. The minimum atomic E-state index is -1.13. The van der Waals surface area contributed by atoms with Gasteiger partial charge in [0.15, 0.2) is 0 Å². The normalized spacial score (nSPS) is 16.8. The Morgan fingerprint density at radius 3 is 2.95 bits per heavy atom. The van der Waals surface area contributed by atoms with Crippen molar-refractivity contribution in [1.29, 1.82) is 0 Å². The molecule has 0 radical (unpaired) electrons. The molecule has 0 fully saturated rings. The first-order valence-corrected chi connectivity index (χ1v) is 6.86. The number of fused-ring (bicyclic) bond motifs is 1. The zero-order chi connectivity index (χ0) is 14.8. The van der Waals surface area contributed by atoms with Crippen LogP contribution >= 0.6 is 11.3 Å². The third kappa shape index (κ3) is 2.63. The van der Waals surface area contributed by atoms with Crippen LogP contribution in [0.2, 0.25) is 0 Å². The molecule has 1 atom stereocenters. The number of anilines is 2. The number of nitrogens with zero attached hydrogens (tertiary/aromatic N) is 3. The highest BCUT2D eigenvalue weighted by molar-refractivity contribution is 7.13. The van der Waals surface area contributed by atoms with Crippen molar-refractivity contribution in [2.75, 3.05) is 16.8 Å². The molecule has 1 aliphatic rings. The van der Waals surface area contributed by atoms with Crippen molar-refractivity contribution in [2.24, 2.45) is 0 Å². The number of ether oxygens (including phenoxy) is 1. The number of amides is 2. The third-order valence-corrected chi connectivity index (χ3v) is 3.47. The molecule has 0 saturated carbocycles. The number of benzene rings is 1. The van der Waals surface area contributed by atoms with Crippen molar-refractivity contribution < 1.29 is 19.4 Å². The van der Waals surface area contributed by atoms with Crippen LogP contribution in [0.15, 0.2) is 29.8 Å². The summed E-state index contributed by atoms with van der Waals surface area (Å²) in [7, 11) is 0. The summed E-state index contributed by atoms with van der Waals surface area (Å²) in [5, 5.41) is 19.4. The van der Waals surface area contributed by atoms with E-state index in [4.69, 9.17) is 9.84 Å². The van der Waals surface area contributed by atoms with Gasteiger partial charge in [0.05, 0.1) is 12.2 Å². The fourth-order valence-electron chi connectivity index (χ4n) is 1.94. The number of nitrogens with one attached hydrogen (secondary N) is 1. The molecular formula is C12H10N4O4S. The molecule has 0 bridgehead atoms. The Morgan fingerprint density at radius 2 is 2.24 bits per heavy atom. The number of carbonyl (C=O) groups excluding carboxylic acids is 1. The van der Waals surface area contributed by atoms with Crippen LogP contribution in [0, 0.1) is 0 Å². The highest BCUT2D eigenvalue weighted by Gasteiger charge is 2.33. The molecule has 1 aliphatic heterocycles. The lowest BCUT2D eigenvalue weighted by atomic mass is 10.2. The molecule has 3 rings (SSSR count). The molecule has 0 saturated heterocycles. The van der Waals surface area contributed by atoms with Crippen LogP contribution < -0.4 is 15.0 Å². The first-order chi connectivity index (χ1) is 10.1. The van der Waals surface area contributed by atoms with Gasteiger partial charge in [-0.25, -0.2) is 9.59 Å². The molecule has 2 N–H and O–H groups in total. The Labute approximate surface area is 123 Å². The van der Waals surface area contributed by atoms with Gasteiger partial charge < -0.3 is 9.84 Å². The van der Waals surface area contributed by atoms with E-state index in [0.717, 1.165) is 0 Å². The van der Waals surface area contributed by atoms with Gasteiger partial charge >= 0.3 is 12.0 Å². The molecule has 1 aromatic carbocycles. The average Bonchev–Trinajstić information content (AvgIpc) is 2.98. The molecule has 1 aromatic heterocycles. The van der Waals surface area contributed by atoms with E-state index < -0.39 is 18.1 Å². The van der Waals surface area contributed by atoms with Crippen LogP contribution in [0.5, 0.6) is 5.75 Å². The van der Waals surface area contributed by atoms with Crippen molar-refractivity contribution >= 4 is 34.2 Å². The van der Waals surface area contributed by atoms with E-state index in [2.05, 4.69) is 15.5 Å². The maximum absolute atomic E-state index is 12.3. The molecular weight excluding hydrogens is 296 g/mol. The number of carbonyl (C=O) groups is 2. The minimum Gasteiger partial charge on any atom is -0.478 e. The quantitative estimate of drug-likeness (QED) is 0.869. The maximum Gasteiger partial charge on any atom is 0.346 e. The molecule has 8 nitrogen and oxygen atoms in total. The summed E-state index contributed by atoms with van der Waals surface area (Å²) in [4.78, 5) is 24.8. The van der Waals surface area contributed by atoms with Gasteiger partial charge in [0.2, 0.25) is 11.2 Å². The predicted molar refractivity (Wildman–Crippen MR) is 74.8 cm³/mol. The van der Waals surface area contributed by atoms with E-state index in [1.165, 1.54) is 21.7 Å². The highest BCUT2D eigenvalue weighted by atomic mass is 32.1. The number of hydrogen-bond acceptors (Lipinski definition) is 6. The second-order valence-electron chi connectivity index (χ2n) is 4.20. The molecule has 2 amide bonds. The second-order valence-corrected chi connectivity index (χ2v) is 5.03. The molecule has 0 aliphatic carbocycles. The topological polar surface area (TPSA) is 105 Å². The Kier molecular flexibility index (Phi) is 3.40. The highest BCUT2D eigenvalue weighted by Crippen LogP contribution is 2.33. The van der Waals surface area contributed by atoms with Crippen molar-refractivity contribution in [3.63, 3.8) is 0 Å². The van der Waals surface area contributed by atoms with Gasteiger partial charge in [-0.2, -0.15) is 0 Å². The van der Waals surface area contributed by atoms with E-state index in [-0.39, 0.29) is 6.54 Å². The predicted octanol–water partition coefficient (Wildman–Crippen LogP) is 1.42. The van der Waals surface area contributed by atoms with E-state index in [1.807, 2.05) is 0 Å². The first-order valence-electron chi connectivity index (χ1n) is 5.98. The number of rotatable bonds is 2. The molecule has 0 spiro atoms. The first kappa shape index (κ1) is 13.3. The standard InChI is InChI=1S/C12H10N4O4S/c17-10(18)9-5-16(7-3-1-2-4-8(7)20-9)12(19)14-11-15-13-6-21-11/h1-4,6,9H,5H2,(H,17,18)(H,14,15,19). The number of urea groups is 1.